The Kier molecular flexibility index (Phi) is 5.29. The number of esters is 2. The Hall–Kier alpha value is -1.24. The monoisotopic (exact) mass is 232 g/mol. The van der Waals surface area contributed by atoms with E-state index in [-0.39, 0.29) is 0 Å². The van der Waals surface area contributed by atoms with E-state index in [1.54, 1.807) is 13.8 Å². The molecule has 0 spiro atoms. The predicted molar refractivity (Wildman–Crippen MR) is 53.8 cm³/mol. The number of carbonyl (C=O) groups excluding carboxylic acids is 2. The zero-order valence-electron chi connectivity index (χ0n) is 9.48. The van der Waals surface area contributed by atoms with E-state index in [0.717, 1.165) is 5.57 Å². The van der Waals surface area contributed by atoms with Crippen LogP contribution in [0.4, 0.5) is 0 Å². The van der Waals surface area contributed by atoms with Gasteiger partial charge >= 0.3 is 11.9 Å². The Labute approximate surface area is 93.2 Å². The molecule has 16 heavy (non-hydrogen) atoms. The van der Waals surface area contributed by atoms with Gasteiger partial charge in [0.15, 0.2) is 0 Å². The molecule has 3 N–H and O–H groups in total. The number of carbonyl (C=O) groups is 2. The van der Waals surface area contributed by atoms with Crippen LogP contribution in [-0.4, -0.2) is 33.2 Å². The highest BCUT2D eigenvalue weighted by atomic mass is 16.7. The molecule has 0 saturated carbocycles. The maximum atomic E-state index is 11.2. The molecule has 0 aromatic carbocycles. The molecule has 0 fully saturated rings. The van der Waals surface area contributed by atoms with Gasteiger partial charge in [0.25, 0.3) is 5.97 Å². The average Bonchev–Trinajstić information content (AvgIpc) is 2.12. The molecule has 0 atom stereocenters. The van der Waals surface area contributed by atoms with E-state index >= 15 is 0 Å². The molecule has 0 aliphatic carbocycles. The summed E-state index contributed by atoms with van der Waals surface area (Å²) in [6, 6.07) is 0. The molecule has 0 aromatic rings. The Morgan fingerprint density at radius 3 is 2.00 bits per heavy atom. The second kappa shape index (κ2) is 5.74. The lowest BCUT2D eigenvalue weighted by Gasteiger charge is -2.12. The van der Waals surface area contributed by atoms with Gasteiger partial charge in [0, 0.05) is 12.0 Å². The third-order valence-corrected chi connectivity index (χ3v) is 1.93. The van der Waals surface area contributed by atoms with Crippen molar-refractivity contribution < 1.29 is 29.6 Å². The molecular formula is C10H16O6. The minimum Gasteiger partial charge on any atom is -0.390 e. The second-order valence-electron chi connectivity index (χ2n) is 3.66. The third kappa shape index (κ3) is 6.28. The molecule has 0 amide bonds. The summed E-state index contributed by atoms with van der Waals surface area (Å²) in [6.45, 7) is 4.90. The Bertz CT molecular complexity index is 306. The normalized spacial score (nSPS) is 10.9. The van der Waals surface area contributed by atoms with Crippen molar-refractivity contribution >= 4 is 11.9 Å². The topological polar surface area (TPSA) is 104 Å². The smallest absolute Gasteiger partial charge is 0.341 e. The van der Waals surface area contributed by atoms with Gasteiger partial charge < -0.3 is 20.1 Å². The van der Waals surface area contributed by atoms with Crippen LogP contribution in [0.5, 0.6) is 0 Å². The zero-order valence-corrected chi connectivity index (χ0v) is 9.48. The fourth-order valence-electron chi connectivity index (χ4n) is 0.705. The van der Waals surface area contributed by atoms with E-state index in [0.29, 0.717) is 5.57 Å². The lowest BCUT2D eigenvalue weighted by Crippen LogP contribution is -2.28. The van der Waals surface area contributed by atoms with Crippen molar-refractivity contribution in [3.05, 3.63) is 11.1 Å². The van der Waals surface area contributed by atoms with E-state index in [9.17, 15) is 9.59 Å². The molecule has 0 aromatic heterocycles. The molecule has 0 radical (unpaired) electrons. The van der Waals surface area contributed by atoms with Gasteiger partial charge in [-0.25, -0.2) is 4.79 Å². The fourth-order valence-corrected chi connectivity index (χ4v) is 0.705. The lowest BCUT2D eigenvalue weighted by molar-refractivity contribution is -0.314. The fraction of sp³-hybridized carbons (Fsp3) is 0.600. The first-order valence-electron chi connectivity index (χ1n) is 4.69. The van der Waals surface area contributed by atoms with Gasteiger partial charge in [-0.2, -0.15) is 0 Å². The van der Waals surface area contributed by atoms with E-state index in [1.807, 2.05) is 0 Å². The summed E-state index contributed by atoms with van der Waals surface area (Å²) < 4.78 is 4.40. The first kappa shape index (κ1) is 14.8. The van der Waals surface area contributed by atoms with Crippen molar-refractivity contribution in [2.75, 3.05) is 0 Å². The van der Waals surface area contributed by atoms with Crippen molar-refractivity contribution in [3.8, 4) is 0 Å². The maximum Gasteiger partial charge on any atom is 0.341 e. The van der Waals surface area contributed by atoms with E-state index in [1.165, 1.54) is 6.92 Å². The highest BCUT2D eigenvalue weighted by Crippen LogP contribution is 2.08. The molecule has 0 unspecified atom stereocenters. The van der Waals surface area contributed by atoms with Crippen molar-refractivity contribution in [2.45, 2.75) is 39.6 Å². The van der Waals surface area contributed by atoms with Crippen LogP contribution in [0.2, 0.25) is 0 Å². The van der Waals surface area contributed by atoms with Gasteiger partial charge in [0.05, 0.1) is 6.42 Å². The van der Waals surface area contributed by atoms with Crippen molar-refractivity contribution in [2.24, 2.45) is 0 Å². The van der Waals surface area contributed by atoms with Crippen LogP contribution < -0.4 is 0 Å². The summed E-state index contributed by atoms with van der Waals surface area (Å²) in [7, 11) is 0. The number of ether oxygens (including phenoxy) is 1. The lowest BCUT2D eigenvalue weighted by atomic mass is 10.2. The number of aliphatic hydroxyl groups is 3. The predicted octanol–water partition coefficient (Wildman–Crippen LogP) is -0.177. The van der Waals surface area contributed by atoms with Gasteiger partial charge in [-0.1, -0.05) is 5.57 Å². The zero-order chi connectivity index (χ0) is 12.9. The minimum absolute atomic E-state index is 0.316. The van der Waals surface area contributed by atoms with Crippen molar-refractivity contribution in [1.29, 1.82) is 0 Å². The van der Waals surface area contributed by atoms with Crippen LogP contribution in [0.15, 0.2) is 11.1 Å². The minimum atomic E-state index is -2.92. The van der Waals surface area contributed by atoms with E-state index in [2.05, 4.69) is 4.74 Å². The van der Waals surface area contributed by atoms with E-state index in [4.69, 9.17) is 15.3 Å². The van der Waals surface area contributed by atoms with Crippen molar-refractivity contribution in [1.82, 2.24) is 0 Å². The summed E-state index contributed by atoms with van der Waals surface area (Å²) in [5, 5.41) is 25.5. The number of hydrogen-bond acceptors (Lipinski definition) is 6. The Morgan fingerprint density at radius 2 is 1.62 bits per heavy atom. The SMILES string of the molecule is CC(C)=C(C)C(=O)OC(=O)CCC(O)(O)O. The highest BCUT2D eigenvalue weighted by Gasteiger charge is 2.21. The number of allylic oxidation sites excluding steroid dienone is 1. The molecule has 6 heteroatoms. The van der Waals surface area contributed by atoms with Gasteiger partial charge in [0.1, 0.15) is 0 Å². The highest BCUT2D eigenvalue weighted by molar-refractivity contribution is 5.96. The van der Waals surface area contributed by atoms with Crippen LogP contribution in [0.3, 0.4) is 0 Å². The largest absolute Gasteiger partial charge is 0.390 e. The van der Waals surface area contributed by atoms with Crippen LogP contribution in [0.1, 0.15) is 33.6 Å². The molecule has 92 valence electrons. The molecule has 0 saturated heterocycles. The first-order chi connectivity index (χ1) is 7.13. The quantitative estimate of drug-likeness (QED) is 0.269. The number of rotatable bonds is 4. The van der Waals surface area contributed by atoms with Gasteiger partial charge in [0.2, 0.25) is 0 Å². The summed E-state index contributed by atoms with van der Waals surface area (Å²) in [4.78, 5) is 22.3. The van der Waals surface area contributed by atoms with E-state index < -0.39 is 30.8 Å². The molecule has 0 rings (SSSR count). The first-order valence-corrected chi connectivity index (χ1v) is 4.69. The maximum absolute atomic E-state index is 11.2. The molecule has 0 aliphatic heterocycles. The van der Waals surface area contributed by atoms with Crippen LogP contribution >= 0.6 is 0 Å². The van der Waals surface area contributed by atoms with Crippen molar-refractivity contribution in [3.63, 3.8) is 0 Å². The van der Waals surface area contributed by atoms with Gasteiger partial charge in [-0.15, -0.1) is 0 Å². The third-order valence-electron chi connectivity index (χ3n) is 1.93. The summed E-state index contributed by atoms with van der Waals surface area (Å²) in [5.74, 6) is -4.62. The summed E-state index contributed by atoms with van der Waals surface area (Å²) in [5.41, 5.74) is 1.04. The van der Waals surface area contributed by atoms with Gasteiger partial charge in [-0.3, -0.25) is 4.79 Å². The Balaban J connectivity index is 4.18. The molecule has 0 aliphatic rings. The van der Waals surface area contributed by atoms with Gasteiger partial charge in [-0.05, 0) is 20.8 Å². The molecular weight excluding hydrogens is 216 g/mol. The molecule has 0 bridgehead atoms. The van der Waals surface area contributed by atoms with Crippen LogP contribution in [0.25, 0.3) is 0 Å². The average molecular weight is 232 g/mol. The summed E-state index contributed by atoms with van der Waals surface area (Å²) >= 11 is 0. The molecule has 0 heterocycles. The standard InChI is InChI=1S/C10H16O6/c1-6(2)7(3)9(12)16-8(11)4-5-10(13,14)15/h13-15H,4-5H2,1-3H3. The number of hydrogen-bond donors (Lipinski definition) is 3. The Morgan fingerprint density at radius 1 is 1.12 bits per heavy atom. The summed E-state index contributed by atoms with van der Waals surface area (Å²) in [6.07, 6.45) is -1.09. The molecule has 6 nitrogen and oxygen atoms in total. The van der Waals surface area contributed by atoms with Crippen LogP contribution in [-0.2, 0) is 14.3 Å². The second-order valence-corrected chi connectivity index (χ2v) is 3.66. The van der Waals surface area contributed by atoms with Crippen LogP contribution in [0, 0.1) is 0 Å².